The average molecular weight is 294 g/mol. The fourth-order valence-corrected chi connectivity index (χ4v) is 2.77. The van der Waals surface area contributed by atoms with Crippen molar-refractivity contribution in [2.45, 2.75) is 13.0 Å². The van der Waals surface area contributed by atoms with E-state index in [0.29, 0.717) is 46.1 Å². The molecule has 7 heteroatoms. The van der Waals surface area contributed by atoms with Crippen LogP contribution >= 0.6 is 0 Å². The zero-order chi connectivity index (χ0) is 14.7. The lowest BCUT2D eigenvalue weighted by molar-refractivity contribution is -0.139. The summed E-state index contributed by atoms with van der Waals surface area (Å²) in [5.41, 5.74) is 1.02. The van der Waals surface area contributed by atoms with E-state index in [-0.39, 0.29) is 11.9 Å². The van der Waals surface area contributed by atoms with E-state index in [0.717, 1.165) is 18.1 Å². The Morgan fingerprint density at radius 2 is 2.10 bits per heavy atom. The highest BCUT2D eigenvalue weighted by atomic mass is 16.5. The van der Waals surface area contributed by atoms with Gasteiger partial charge in [0.2, 0.25) is 5.91 Å². The van der Waals surface area contributed by atoms with Crippen LogP contribution in [0.15, 0.2) is 6.20 Å². The molecule has 1 aromatic rings. The second kappa shape index (κ2) is 6.55. The molecule has 2 aliphatic heterocycles. The number of ether oxygens (including phenoxy) is 2. The summed E-state index contributed by atoms with van der Waals surface area (Å²) in [4.78, 5) is 24.1. The number of aromatic amines is 1. The van der Waals surface area contributed by atoms with E-state index in [4.69, 9.17) is 9.47 Å². The zero-order valence-corrected chi connectivity index (χ0v) is 12.4. The molecule has 0 aromatic carbocycles. The van der Waals surface area contributed by atoms with E-state index >= 15 is 0 Å². The van der Waals surface area contributed by atoms with E-state index in [1.165, 1.54) is 0 Å². The van der Waals surface area contributed by atoms with Crippen molar-refractivity contribution in [3.63, 3.8) is 0 Å². The van der Waals surface area contributed by atoms with Gasteiger partial charge >= 0.3 is 0 Å². The van der Waals surface area contributed by atoms with Gasteiger partial charge in [0.1, 0.15) is 5.82 Å². The molecule has 1 atom stereocenters. The van der Waals surface area contributed by atoms with Crippen molar-refractivity contribution in [1.82, 2.24) is 19.8 Å². The molecular weight excluding hydrogens is 272 g/mol. The third-order valence-electron chi connectivity index (χ3n) is 3.98. The molecule has 0 unspecified atom stereocenters. The number of H-pyrrole nitrogens is 1. The van der Waals surface area contributed by atoms with Gasteiger partial charge in [-0.3, -0.25) is 9.69 Å². The van der Waals surface area contributed by atoms with Crippen LogP contribution in [0, 0.1) is 6.92 Å². The molecule has 0 spiro atoms. The van der Waals surface area contributed by atoms with E-state index in [1.54, 1.807) is 0 Å². The topological polar surface area (TPSA) is 70.7 Å². The Morgan fingerprint density at radius 1 is 1.33 bits per heavy atom. The van der Waals surface area contributed by atoms with Gasteiger partial charge in [0.15, 0.2) is 0 Å². The SMILES string of the molecule is Cc1cnc([C@H]2COCCN2CC(=O)N2CCOCC2)[nH]1. The van der Waals surface area contributed by atoms with Crippen molar-refractivity contribution >= 4 is 5.91 Å². The number of amides is 1. The van der Waals surface area contributed by atoms with E-state index in [2.05, 4.69) is 14.9 Å². The first-order chi connectivity index (χ1) is 10.2. The van der Waals surface area contributed by atoms with Crippen LogP contribution in [0.25, 0.3) is 0 Å². The van der Waals surface area contributed by atoms with Gasteiger partial charge in [0, 0.05) is 31.5 Å². The molecule has 0 saturated carbocycles. The number of nitrogens with zero attached hydrogens (tertiary/aromatic N) is 3. The minimum Gasteiger partial charge on any atom is -0.378 e. The molecule has 116 valence electrons. The molecule has 3 rings (SSSR count). The predicted octanol–water partition coefficient (Wildman–Crippen LogP) is -0.0498. The van der Waals surface area contributed by atoms with Crippen LogP contribution < -0.4 is 0 Å². The highest BCUT2D eigenvalue weighted by Gasteiger charge is 2.30. The lowest BCUT2D eigenvalue weighted by Gasteiger charge is -2.36. The Hall–Kier alpha value is -1.44. The van der Waals surface area contributed by atoms with Gasteiger partial charge in [0.05, 0.1) is 39.0 Å². The Morgan fingerprint density at radius 3 is 2.81 bits per heavy atom. The Labute approximate surface area is 124 Å². The maximum atomic E-state index is 12.4. The molecule has 1 N–H and O–H groups in total. The number of hydrogen-bond acceptors (Lipinski definition) is 5. The smallest absolute Gasteiger partial charge is 0.236 e. The number of nitrogens with one attached hydrogen (secondary N) is 1. The summed E-state index contributed by atoms with van der Waals surface area (Å²) in [6, 6.07) is 0.0254. The lowest BCUT2D eigenvalue weighted by Crippen LogP contribution is -2.49. The average Bonchev–Trinajstić information content (AvgIpc) is 2.95. The Bertz CT molecular complexity index is 484. The monoisotopic (exact) mass is 294 g/mol. The van der Waals surface area contributed by atoms with Crippen LogP contribution in [-0.2, 0) is 14.3 Å². The van der Waals surface area contributed by atoms with Gasteiger partial charge in [-0.25, -0.2) is 4.98 Å². The summed E-state index contributed by atoms with van der Waals surface area (Å²) < 4.78 is 10.8. The van der Waals surface area contributed by atoms with Crippen LogP contribution in [0.5, 0.6) is 0 Å². The van der Waals surface area contributed by atoms with Crippen LogP contribution in [0.2, 0.25) is 0 Å². The minimum atomic E-state index is 0.0254. The van der Waals surface area contributed by atoms with Crippen LogP contribution in [0.3, 0.4) is 0 Å². The summed E-state index contributed by atoms with van der Waals surface area (Å²) in [5, 5.41) is 0. The third-order valence-corrected chi connectivity index (χ3v) is 3.98. The normalized spacial score (nSPS) is 24.2. The number of hydrogen-bond donors (Lipinski definition) is 1. The van der Waals surface area contributed by atoms with Gasteiger partial charge < -0.3 is 19.4 Å². The summed E-state index contributed by atoms with van der Waals surface area (Å²) in [7, 11) is 0. The molecule has 0 radical (unpaired) electrons. The first-order valence-electron chi connectivity index (χ1n) is 7.43. The second-order valence-corrected chi connectivity index (χ2v) is 5.51. The van der Waals surface area contributed by atoms with Crippen LogP contribution in [0.1, 0.15) is 17.6 Å². The molecular formula is C14H22N4O3. The van der Waals surface area contributed by atoms with Crippen LogP contribution in [0.4, 0.5) is 0 Å². The highest BCUT2D eigenvalue weighted by molar-refractivity contribution is 5.78. The van der Waals surface area contributed by atoms with E-state index in [1.807, 2.05) is 18.0 Å². The quantitative estimate of drug-likeness (QED) is 0.846. The van der Waals surface area contributed by atoms with Gasteiger partial charge in [0.25, 0.3) is 0 Å². The molecule has 7 nitrogen and oxygen atoms in total. The summed E-state index contributed by atoms with van der Waals surface area (Å²) in [6.45, 7) is 7.01. The molecule has 3 heterocycles. The highest BCUT2D eigenvalue weighted by Crippen LogP contribution is 2.21. The molecule has 2 fully saturated rings. The molecule has 21 heavy (non-hydrogen) atoms. The lowest BCUT2D eigenvalue weighted by atomic mass is 10.2. The Balaban J connectivity index is 1.65. The summed E-state index contributed by atoms with van der Waals surface area (Å²) in [6.07, 6.45) is 1.81. The molecule has 0 aliphatic carbocycles. The standard InChI is InChI=1S/C14H22N4O3/c1-11-8-15-14(16-11)12-10-21-7-4-18(12)9-13(19)17-2-5-20-6-3-17/h8,12H,2-7,9-10H2,1H3,(H,15,16)/t12-/m1/s1. The van der Waals surface area contributed by atoms with E-state index < -0.39 is 0 Å². The first-order valence-corrected chi connectivity index (χ1v) is 7.43. The van der Waals surface area contributed by atoms with Gasteiger partial charge in [-0.1, -0.05) is 0 Å². The summed E-state index contributed by atoms with van der Waals surface area (Å²) >= 11 is 0. The second-order valence-electron chi connectivity index (χ2n) is 5.51. The van der Waals surface area contributed by atoms with Crippen molar-refractivity contribution in [1.29, 1.82) is 0 Å². The van der Waals surface area contributed by atoms with Crippen molar-refractivity contribution in [2.24, 2.45) is 0 Å². The van der Waals surface area contributed by atoms with Gasteiger partial charge in [-0.05, 0) is 6.92 Å². The number of rotatable bonds is 3. The first kappa shape index (κ1) is 14.5. The van der Waals surface area contributed by atoms with Crippen molar-refractivity contribution in [3.05, 3.63) is 17.7 Å². The number of carbonyl (C=O) groups is 1. The van der Waals surface area contributed by atoms with Crippen molar-refractivity contribution in [2.75, 3.05) is 52.6 Å². The molecule has 0 bridgehead atoms. The largest absolute Gasteiger partial charge is 0.378 e. The number of aromatic nitrogens is 2. The maximum Gasteiger partial charge on any atom is 0.236 e. The van der Waals surface area contributed by atoms with Gasteiger partial charge in [-0.2, -0.15) is 0 Å². The number of carbonyl (C=O) groups excluding carboxylic acids is 1. The molecule has 1 aromatic heterocycles. The molecule has 2 aliphatic rings. The number of aryl methyl sites for hydroxylation is 1. The number of morpholine rings is 2. The Kier molecular flexibility index (Phi) is 4.52. The molecule has 1 amide bonds. The predicted molar refractivity (Wildman–Crippen MR) is 75.9 cm³/mol. The van der Waals surface area contributed by atoms with Gasteiger partial charge in [-0.15, -0.1) is 0 Å². The minimum absolute atomic E-state index is 0.0254. The van der Waals surface area contributed by atoms with Crippen molar-refractivity contribution in [3.8, 4) is 0 Å². The third kappa shape index (κ3) is 3.42. The van der Waals surface area contributed by atoms with Crippen molar-refractivity contribution < 1.29 is 14.3 Å². The number of imidazole rings is 1. The van der Waals surface area contributed by atoms with E-state index in [9.17, 15) is 4.79 Å². The maximum absolute atomic E-state index is 12.4. The molecule has 2 saturated heterocycles. The summed E-state index contributed by atoms with van der Waals surface area (Å²) in [5.74, 6) is 1.04. The van der Waals surface area contributed by atoms with Crippen LogP contribution in [-0.4, -0.2) is 78.3 Å². The fraction of sp³-hybridized carbons (Fsp3) is 0.714. The zero-order valence-electron chi connectivity index (χ0n) is 12.4. The fourth-order valence-electron chi connectivity index (χ4n) is 2.77.